The van der Waals surface area contributed by atoms with Crippen molar-refractivity contribution in [3.8, 4) is 0 Å². The molecule has 1 radical (unpaired) electrons. The minimum atomic E-state index is -6.72. The van der Waals surface area contributed by atoms with E-state index in [4.69, 9.17) is 11.6 Å². The Balaban J connectivity index is 0.000000421. The maximum absolute atomic E-state index is 15.8. The molecule has 10 nitrogen and oxygen atoms in total. The van der Waals surface area contributed by atoms with Crippen molar-refractivity contribution in [2.45, 2.75) is 88.9 Å². The minimum Gasteiger partial charge on any atom is -0.382 e. The molecule has 2 aliphatic rings. The van der Waals surface area contributed by atoms with E-state index in [1.165, 1.54) is 18.2 Å². The normalized spacial score (nSPS) is 13.6. The Morgan fingerprint density at radius 2 is 0.904 bits per heavy atom. The standard InChI is InChI=1S/C27H16F12IN3O2.C21H14F11IN2O.C6H3ClFNO.2CH4.V/c28-19-7-6-13(10-41-19)23(45)43(11-12-4-5-12)18-3-1-2-15(20(18)29)22(44)42-21-16(25(31,32)33)8-14(9-17(21)40)24(30,26(34,35)36)27(37,38)39;22-15-11(2-1-3-14(15)34-8-9-4-5-9)17(36)35-16-12(19(24,25)26)6-10(7-13(16)33)18(23,20(27,28)29)21(30,31)32;7-6(10)4-1-2-5(8)9-3-4;;;/h1-3,6-10,12H,4-5,11H2,(H,42,44);1-3,6-7,9,34H,4-5,8H2,(H,35,36);1-3H;2*1H4;. The molecule has 0 aliphatic heterocycles. The Kier molecular flexibility index (Phi) is 26.9. The van der Waals surface area contributed by atoms with Gasteiger partial charge >= 0.3 is 48.4 Å². The van der Waals surface area contributed by atoms with Crippen LogP contribution >= 0.6 is 56.8 Å². The summed E-state index contributed by atoms with van der Waals surface area (Å²) in [5.41, 5.74) is -26.6. The molecule has 2 aliphatic carbocycles. The van der Waals surface area contributed by atoms with Crippen molar-refractivity contribution in [2.75, 3.05) is 33.9 Å². The second-order valence-electron chi connectivity index (χ2n) is 19.5. The number of pyridine rings is 2. The average molecular weight is 1660 g/mol. The van der Waals surface area contributed by atoms with Crippen molar-refractivity contribution in [1.29, 1.82) is 0 Å². The van der Waals surface area contributed by atoms with Gasteiger partial charge in [-0.3, -0.25) is 19.2 Å². The van der Waals surface area contributed by atoms with Crippen molar-refractivity contribution in [1.82, 2.24) is 9.97 Å². The monoisotopic (exact) mass is 1660 g/mol. The molecule has 2 heterocycles. The van der Waals surface area contributed by atoms with Gasteiger partial charge in [-0.05, 0) is 167 Å². The van der Waals surface area contributed by atoms with Crippen LogP contribution in [0.3, 0.4) is 0 Å². The predicted octanol–water partition coefficient (Wildman–Crippen LogP) is 19.3. The van der Waals surface area contributed by atoms with Gasteiger partial charge in [-0.15, -0.1) is 0 Å². The number of aromatic nitrogens is 2. The number of rotatable bonds is 14. The number of nitrogens with one attached hydrogen (secondary N) is 3. The van der Waals surface area contributed by atoms with Crippen molar-refractivity contribution >= 4 is 102 Å². The zero-order chi connectivity index (χ0) is 68.5. The first-order valence-electron chi connectivity index (χ1n) is 24.9. The number of nitrogens with zero attached hydrogens (tertiary/aromatic N) is 3. The van der Waals surface area contributed by atoms with E-state index in [9.17, 15) is 120 Å². The van der Waals surface area contributed by atoms with Crippen LogP contribution in [-0.2, 0) is 42.2 Å². The maximum atomic E-state index is 15.8. The smallest absolute Gasteiger partial charge is 0.382 e. The average Bonchev–Trinajstić information content (AvgIpc) is 1.22. The fourth-order valence-corrected chi connectivity index (χ4v) is 9.61. The van der Waals surface area contributed by atoms with E-state index in [1.807, 2.05) is 0 Å². The van der Waals surface area contributed by atoms with E-state index in [1.54, 1.807) is 10.6 Å². The summed E-state index contributed by atoms with van der Waals surface area (Å²) in [5.74, 6) is -7.83. The molecule has 0 bridgehead atoms. The zero-order valence-electron chi connectivity index (χ0n) is 44.8. The van der Waals surface area contributed by atoms with Crippen LogP contribution in [0.15, 0.2) is 97.3 Å². The Morgan fingerprint density at radius 1 is 0.521 bits per heavy atom. The molecule has 513 valence electrons. The topological polar surface area (TPSA) is 133 Å². The van der Waals surface area contributed by atoms with Crippen LogP contribution in [0.25, 0.3) is 0 Å². The van der Waals surface area contributed by atoms with Crippen LogP contribution in [0.2, 0.25) is 0 Å². The fraction of sp³-hybridized carbons (Fsp3) is 0.321. The number of carbonyl (C=O) groups is 4. The van der Waals surface area contributed by atoms with E-state index in [2.05, 4.69) is 15.3 Å². The molecule has 0 atom stereocenters. The number of amides is 3. The largest absolute Gasteiger partial charge is 0.435 e. The zero-order valence-corrected chi connectivity index (χ0v) is 51.2. The van der Waals surface area contributed by atoms with Crippen LogP contribution in [-0.4, -0.2) is 70.7 Å². The summed E-state index contributed by atoms with van der Waals surface area (Å²) in [5, 5.41) is 5.43. The molecule has 3 N–H and O–H groups in total. The SMILES string of the molecule is C.C.O=C(Cl)c1ccc(F)nc1.O=C(Nc1c(I)cc(C(F)(C(F)(F)F)C(F)(F)F)cc1C(F)(F)F)c1cccc(N(CC2CC2)C(=O)c2ccc(F)nc2)c1F.O=C(Nc1c(I)cc(C(F)(C(F)(F)F)C(F)(F)F)cc1C(F)(F)F)c1cccc(NCC2CC2)c1F.[V]. The quantitative estimate of drug-likeness (QED) is 0.0428. The summed E-state index contributed by atoms with van der Waals surface area (Å²) in [6.45, 7) is 0.308. The molecule has 0 spiro atoms. The van der Waals surface area contributed by atoms with E-state index in [0.29, 0.717) is 25.3 Å². The molecule has 3 amide bonds. The summed E-state index contributed by atoms with van der Waals surface area (Å²) in [7, 11) is 0. The molecule has 8 rings (SSSR count). The molecule has 6 aromatic rings. The van der Waals surface area contributed by atoms with Crippen molar-refractivity contribution < 1.29 is 143 Å². The van der Waals surface area contributed by atoms with Crippen molar-refractivity contribution in [3.05, 3.63) is 173 Å². The van der Waals surface area contributed by atoms with Crippen LogP contribution in [0.1, 0.15) is 104 Å². The fourth-order valence-electron chi connectivity index (χ4n) is 7.97. The summed E-state index contributed by atoms with van der Waals surface area (Å²) in [6.07, 6.45) is -33.0. The first-order valence-corrected chi connectivity index (χ1v) is 27.4. The van der Waals surface area contributed by atoms with Gasteiger partial charge in [-0.1, -0.05) is 27.0 Å². The van der Waals surface area contributed by atoms with Crippen molar-refractivity contribution in [2.24, 2.45) is 11.8 Å². The molecular weight excluding hydrogens is 1620 g/mol. The van der Waals surface area contributed by atoms with E-state index in [0.717, 1.165) is 118 Å². The van der Waals surface area contributed by atoms with E-state index in [-0.39, 0.29) is 74.8 Å². The van der Waals surface area contributed by atoms with Crippen molar-refractivity contribution in [3.63, 3.8) is 0 Å². The first-order chi connectivity index (χ1) is 41.7. The minimum absolute atomic E-state index is 0. The molecule has 0 unspecified atom stereocenters. The number of anilines is 4. The summed E-state index contributed by atoms with van der Waals surface area (Å²) < 4.78 is 323. The number of carbonyl (C=O) groups excluding carboxylic acids is 4. The molecule has 2 fully saturated rings. The summed E-state index contributed by atoms with van der Waals surface area (Å²) in [6, 6.07) is 8.90. The number of benzene rings is 4. The van der Waals surface area contributed by atoms with Gasteiger partial charge in [0.1, 0.15) is 0 Å². The Hall–Kier alpha value is -6.29. The van der Waals surface area contributed by atoms with Gasteiger partial charge in [0.05, 0.1) is 56.1 Å². The summed E-state index contributed by atoms with van der Waals surface area (Å²) >= 11 is 6.84. The Bertz CT molecular complexity index is 3670. The molecule has 2 saturated carbocycles. The molecule has 2 aromatic heterocycles. The van der Waals surface area contributed by atoms with Gasteiger partial charge in [-0.25, -0.2) is 27.5 Å². The van der Waals surface area contributed by atoms with E-state index >= 15 is 4.39 Å². The number of hydrogen-bond donors (Lipinski definition) is 3. The molecule has 4 aromatic carbocycles. The van der Waals surface area contributed by atoms with Crippen LogP contribution in [0.4, 0.5) is 128 Å². The van der Waals surface area contributed by atoms with Crippen LogP contribution < -0.4 is 20.9 Å². The van der Waals surface area contributed by atoms with Crippen LogP contribution in [0, 0.1) is 42.5 Å². The van der Waals surface area contributed by atoms with Crippen LogP contribution in [0.5, 0.6) is 0 Å². The number of alkyl halides is 20. The third kappa shape index (κ3) is 18.8. The molecular formula is C56H41ClF24I2N6O4V. The molecule has 94 heavy (non-hydrogen) atoms. The Labute approximate surface area is 559 Å². The second kappa shape index (κ2) is 30.8. The number of halogens is 27. The van der Waals surface area contributed by atoms with Gasteiger partial charge in [0.25, 0.3) is 23.0 Å². The predicted molar refractivity (Wildman–Crippen MR) is 304 cm³/mol. The summed E-state index contributed by atoms with van der Waals surface area (Å²) in [4.78, 5) is 56.7. The van der Waals surface area contributed by atoms with Gasteiger partial charge < -0.3 is 20.9 Å². The second-order valence-corrected chi connectivity index (χ2v) is 22.1. The third-order valence-electron chi connectivity index (χ3n) is 13.0. The van der Waals surface area contributed by atoms with E-state index < -0.39 is 165 Å². The van der Waals surface area contributed by atoms with Gasteiger partial charge in [0, 0.05) is 62.3 Å². The maximum Gasteiger partial charge on any atom is 0.435 e. The van der Waals surface area contributed by atoms with Gasteiger partial charge in [-0.2, -0.15) is 87.8 Å². The van der Waals surface area contributed by atoms with Gasteiger partial charge in [0.2, 0.25) is 11.9 Å². The molecule has 38 heteroatoms. The first kappa shape index (κ1) is 81.9. The number of hydrogen-bond acceptors (Lipinski definition) is 7. The third-order valence-corrected chi connectivity index (χ3v) is 14.9. The molecule has 0 saturated heterocycles. The van der Waals surface area contributed by atoms with Gasteiger partial charge in [0.15, 0.2) is 11.6 Å². The Morgan fingerprint density at radius 3 is 1.26 bits per heavy atom.